The molecule has 2 N–H and O–H groups in total. The normalized spacial score (nSPS) is 19.4. The van der Waals surface area contributed by atoms with Gasteiger partial charge in [-0.3, -0.25) is 9.59 Å². The number of benzene rings is 1. The number of anilines is 1. The molecule has 3 rings (SSSR count). The van der Waals surface area contributed by atoms with Crippen LogP contribution in [-0.2, 0) is 4.79 Å². The van der Waals surface area contributed by atoms with E-state index in [-0.39, 0.29) is 30.1 Å². The summed E-state index contributed by atoms with van der Waals surface area (Å²) in [6.07, 6.45) is 3.74. The van der Waals surface area contributed by atoms with E-state index in [4.69, 9.17) is 5.73 Å². The van der Waals surface area contributed by atoms with Crippen molar-refractivity contribution in [3.8, 4) is 0 Å². The van der Waals surface area contributed by atoms with Gasteiger partial charge in [-0.1, -0.05) is 13.0 Å². The third-order valence-electron chi connectivity index (χ3n) is 5.36. The molecule has 0 unspecified atom stereocenters. The fourth-order valence-electron chi connectivity index (χ4n) is 3.67. The first-order valence-corrected chi connectivity index (χ1v) is 8.98. The van der Waals surface area contributed by atoms with Gasteiger partial charge in [0.25, 0.3) is 5.91 Å². The van der Waals surface area contributed by atoms with E-state index in [0.29, 0.717) is 24.3 Å². The van der Waals surface area contributed by atoms with E-state index < -0.39 is 0 Å². The van der Waals surface area contributed by atoms with Gasteiger partial charge in [0.2, 0.25) is 5.91 Å². The van der Waals surface area contributed by atoms with Crippen LogP contribution in [0.15, 0.2) is 24.3 Å². The van der Waals surface area contributed by atoms with Crippen molar-refractivity contribution in [2.75, 3.05) is 31.9 Å². The Labute approximate surface area is 155 Å². The van der Waals surface area contributed by atoms with Crippen LogP contribution >= 0.6 is 12.4 Å². The molecule has 6 heteroatoms. The number of likely N-dealkylation sites (tertiary alicyclic amines) is 2. The molecule has 0 atom stereocenters. The molecule has 0 radical (unpaired) electrons. The summed E-state index contributed by atoms with van der Waals surface area (Å²) in [5, 5.41) is 0. The van der Waals surface area contributed by atoms with Crippen molar-refractivity contribution in [1.29, 1.82) is 0 Å². The highest BCUT2D eigenvalue weighted by Crippen LogP contribution is 2.24. The average molecular weight is 366 g/mol. The molecular formula is C19H28ClN3O2. The van der Waals surface area contributed by atoms with E-state index in [1.807, 2.05) is 9.80 Å². The van der Waals surface area contributed by atoms with Crippen LogP contribution in [0.25, 0.3) is 0 Å². The Balaban J connectivity index is 0.00000225. The lowest BCUT2D eigenvalue weighted by molar-refractivity contribution is -0.138. The van der Waals surface area contributed by atoms with Gasteiger partial charge in [0, 0.05) is 43.3 Å². The maximum Gasteiger partial charge on any atom is 0.253 e. The molecule has 5 nitrogen and oxygen atoms in total. The lowest BCUT2D eigenvalue weighted by Gasteiger charge is -2.36. The van der Waals surface area contributed by atoms with Gasteiger partial charge in [-0.25, -0.2) is 0 Å². The maximum absolute atomic E-state index is 12.7. The topological polar surface area (TPSA) is 66.6 Å². The van der Waals surface area contributed by atoms with Crippen LogP contribution in [-0.4, -0.2) is 47.8 Å². The molecule has 25 heavy (non-hydrogen) atoms. The molecule has 2 aliphatic rings. The summed E-state index contributed by atoms with van der Waals surface area (Å²) in [5.41, 5.74) is 6.99. The SMILES string of the molecule is CC1CCN(C(=O)C2CCN(C(=O)c3cccc(N)c3)CC2)CC1.Cl. The zero-order valence-corrected chi connectivity index (χ0v) is 15.6. The fourth-order valence-corrected chi connectivity index (χ4v) is 3.67. The van der Waals surface area contributed by atoms with Crippen LogP contribution in [0.5, 0.6) is 0 Å². The molecule has 2 heterocycles. The first-order chi connectivity index (χ1) is 11.5. The largest absolute Gasteiger partial charge is 0.399 e. The van der Waals surface area contributed by atoms with Gasteiger partial charge in [0.15, 0.2) is 0 Å². The zero-order chi connectivity index (χ0) is 17.1. The zero-order valence-electron chi connectivity index (χ0n) is 14.8. The Hall–Kier alpha value is -1.75. The summed E-state index contributed by atoms with van der Waals surface area (Å²) in [5.74, 6) is 1.10. The van der Waals surface area contributed by atoms with E-state index in [0.717, 1.165) is 44.7 Å². The molecule has 0 bridgehead atoms. The molecule has 0 aromatic heterocycles. The van der Waals surface area contributed by atoms with Gasteiger partial charge in [-0.15, -0.1) is 12.4 Å². The molecule has 2 amide bonds. The highest BCUT2D eigenvalue weighted by atomic mass is 35.5. The summed E-state index contributed by atoms with van der Waals surface area (Å²) >= 11 is 0. The summed E-state index contributed by atoms with van der Waals surface area (Å²) in [4.78, 5) is 29.1. The molecule has 0 saturated carbocycles. The molecule has 2 fully saturated rings. The number of nitrogens with two attached hydrogens (primary N) is 1. The molecule has 138 valence electrons. The van der Waals surface area contributed by atoms with Gasteiger partial charge < -0.3 is 15.5 Å². The van der Waals surface area contributed by atoms with Crippen molar-refractivity contribution in [2.24, 2.45) is 11.8 Å². The van der Waals surface area contributed by atoms with E-state index in [1.165, 1.54) is 0 Å². The standard InChI is InChI=1S/C19H27N3O2.ClH/c1-14-5-9-21(10-6-14)18(23)15-7-11-22(12-8-15)19(24)16-3-2-4-17(20)13-16;/h2-4,13-15H,5-12,20H2,1H3;1H. The number of carbonyl (C=O) groups is 2. The van der Waals surface area contributed by atoms with Crippen molar-refractivity contribution in [1.82, 2.24) is 9.80 Å². The minimum absolute atomic E-state index is 0. The van der Waals surface area contributed by atoms with E-state index in [9.17, 15) is 9.59 Å². The van der Waals surface area contributed by atoms with Gasteiger partial charge in [-0.05, 0) is 49.8 Å². The fraction of sp³-hybridized carbons (Fsp3) is 0.579. The smallest absolute Gasteiger partial charge is 0.253 e. The average Bonchev–Trinajstić information content (AvgIpc) is 2.61. The Morgan fingerprint density at radius 3 is 2.20 bits per heavy atom. The second-order valence-electron chi connectivity index (χ2n) is 7.20. The van der Waals surface area contributed by atoms with Crippen LogP contribution in [0.2, 0.25) is 0 Å². The van der Waals surface area contributed by atoms with E-state index in [2.05, 4.69) is 6.92 Å². The second kappa shape index (κ2) is 8.56. The number of hydrogen-bond donors (Lipinski definition) is 1. The number of piperidine rings is 2. The first kappa shape index (κ1) is 19.6. The Morgan fingerprint density at radius 2 is 1.60 bits per heavy atom. The van der Waals surface area contributed by atoms with Crippen molar-refractivity contribution in [3.05, 3.63) is 29.8 Å². The number of carbonyl (C=O) groups excluding carboxylic acids is 2. The molecule has 2 saturated heterocycles. The van der Waals surface area contributed by atoms with Crippen LogP contribution in [0.1, 0.15) is 43.0 Å². The Morgan fingerprint density at radius 1 is 1.00 bits per heavy atom. The highest BCUT2D eigenvalue weighted by Gasteiger charge is 2.31. The minimum atomic E-state index is 0. The van der Waals surface area contributed by atoms with Crippen molar-refractivity contribution in [2.45, 2.75) is 32.6 Å². The summed E-state index contributed by atoms with van der Waals surface area (Å²) in [6, 6.07) is 7.09. The van der Waals surface area contributed by atoms with Crippen LogP contribution < -0.4 is 5.73 Å². The molecule has 0 aliphatic carbocycles. The maximum atomic E-state index is 12.7. The van der Waals surface area contributed by atoms with Crippen LogP contribution in [0.3, 0.4) is 0 Å². The quantitative estimate of drug-likeness (QED) is 0.819. The predicted octanol–water partition coefficient (Wildman–Crippen LogP) is 2.80. The predicted molar refractivity (Wildman–Crippen MR) is 102 cm³/mol. The molecule has 0 spiro atoms. The lowest BCUT2D eigenvalue weighted by Crippen LogP contribution is -2.46. The van der Waals surface area contributed by atoms with Gasteiger partial charge in [0.1, 0.15) is 0 Å². The van der Waals surface area contributed by atoms with E-state index >= 15 is 0 Å². The third kappa shape index (κ3) is 4.66. The minimum Gasteiger partial charge on any atom is -0.399 e. The molecule has 1 aromatic rings. The van der Waals surface area contributed by atoms with Crippen LogP contribution in [0, 0.1) is 11.8 Å². The highest BCUT2D eigenvalue weighted by molar-refractivity contribution is 5.95. The number of halogens is 1. The summed E-state index contributed by atoms with van der Waals surface area (Å²) in [7, 11) is 0. The van der Waals surface area contributed by atoms with Crippen molar-refractivity contribution in [3.63, 3.8) is 0 Å². The van der Waals surface area contributed by atoms with Gasteiger partial charge in [-0.2, -0.15) is 0 Å². The monoisotopic (exact) mass is 365 g/mol. The summed E-state index contributed by atoms with van der Waals surface area (Å²) < 4.78 is 0. The number of hydrogen-bond acceptors (Lipinski definition) is 3. The Kier molecular flexibility index (Phi) is 6.71. The van der Waals surface area contributed by atoms with Crippen molar-refractivity contribution < 1.29 is 9.59 Å². The van der Waals surface area contributed by atoms with Crippen molar-refractivity contribution >= 4 is 29.9 Å². The van der Waals surface area contributed by atoms with Gasteiger partial charge in [0.05, 0.1) is 0 Å². The molecule has 2 aliphatic heterocycles. The third-order valence-corrected chi connectivity index (χ3v) is 5.36. The Bertz CT molecular complexity index is 606. The summed E-state index contributed by atoms with van der Waals surface area (Å²) in [6.45, 7) is 5.33. The molecule has 1 aromatic carbocycles. The molecular weight excluding hydrogens is 338 g/mol. The van der Waals surface area contributed by atoms with Crippen LogP contribution in [0.4, 0.5) is 5.69 Å². The lowest BCUT2D eigenvalue weighted by atomic mass is 9.92. The number of nitrogens with zero attached hydrogens (tertiary/aromatic N) is 2. The van der Waals surface area contributed by atoms with E-state index in [1.54, 1.807) is 24.3 Å². The van der Waals surface area contributed by atoms with Gasteiger partial charge >= 0.3 is 0 Å². The number of nitrogen functional groups attached to an aromatic ring is 1. The second-order valence-corrected chi connectivity index (χ2v) is 7.20. The number of rotatable bonds is 2. The number of amides is 2. The first-order valence-electron chi connectivity index (χ1n) is 8.98.